The van der Waals surface area contributed by atoms with Gasteiger partial charge in [-0.05, 0) is 18.2 Å². The number of carbonyl (C=O) groups is 2. The largest absolute Gasteiger partial charge is 0.474 e. The Hall–Kier alpha value is -1.57. The van der Waals surface area contributed by atoms with Crippen molar-refractivity contribution >= 4 is 33.5 Å². The van der Waals surface area contributed by atoms with Gasteiger partial charge in [0.05, 0.1) is 5.56 Å². The quantitative estimate of drug-likeness (QED) is 0.783. The summed E-state index contributed by atoms with van der Waals surface area (Å²) >= 11 is 2.83. The number of aliphatic carboxylic acids is 1. The van der Waals surface area contributed by atoms with Crippen LogP contribution in [0.2, 0.25) is 0 Å². The molecule has 0 unspecified atom stereocenters. The lowest BCUT2D eigenvalue weighted by molar-refractivity contribution is -0.147. The van der Waals surface area contributed by atoms with Crippen LogP contribution < -0.4 is 5.32 Å². The van der Waals surface area contributed by atoms with Crippen molar-refractivity contribution in [3.63, 3.8) is 0 Å². The van der Waals surface area contributed by atoms with Crippen LogP contribution in [0.15, 0.2) is 22.7 Å². The first-order chi connectivity index (χ1) is 7.70. The molecule has 0 aliphatic rings. The van der Waals surface area contributed by atoms with Crippen LogP contribution in [0.1, 0.15) is 5.56 Å². The number of halogens is 4. The molecule has 4 nitrogen and oxygen atoms in total. The molecule has 2 N–H and O–H groups in total. The molecule has 0 spiro atoms. The Labute approximate surface area is 102 Å². The number of carboxylic acids is 1. The van der Waals surface area contributed by atoms with Crippen LogP contribution in [-0.2, 0) is 15.8 Å². The van der Waals surface area contributed by atoms with Crippen LogP contribution in [0.25, 0.3) is 0 Å². The molecule has 1 rings (SSSR count). The highest BCUT2D eigenvalue weighted by molar-refractivity contribution is 9.10. The lowest BCUT2D eigenvalue weighted by Crippen LogP contribution is -2.22. The maximum atomic E-state index is 12.4. The Bertz CT molecular complexity index is 473. The second-order valence-electron chi connectivity index (χ2n) is 2.99. The summed E-state index contributed by atoms with van der Waals surface area (Å²) in [6, 6.07) is 2.62. The van der Waals surface area contributed by atoms with E-state index >= 15 is 0 Å². The van der Waals surface area contributed by atoms with Gasteiger partial charge in [-0.25, -0.2) is 4.79 Å². The van der Waals surface area contributed by atoms with Crippen LogP contribution >= 0.6 is 15.9 Å². The Morgan fingerprint density at radius 3 is 2.29 bits per heavy atom. The van der Waals surface area contributed by atoms with Gasteiger partial charge in [-0.1, -0.05) is 15.9 Å². The molecule has 8 heteroatoms. The highest BCUT2D eigenvalue weighted by atomic mass is 79.9. The van der Waals surface area contributed by atoms with Crippen molar-refractivity contribution < 1.29 is 27.9 Å². The zero-order chi connectivity index (χ0) is 13.2. The Morgan fingerprint density at radius 1 is 1.24 bits per heavy atom. The first-order valence-electron chi connectivity index (χ1n) is 4.12. The van der Waals surface area contributed by atoms with Gasteiger partial charge in [-0.2, -0.15) is 13.2 Å². The van der Waals surface area contributed by atoms with Crippen molar-refractivity contribution in [3.8, 4) is 0 Å². The van der Waals surface area contributed by atoms with Crippen molar-refractivity contribution in [3.05, 3.63) is 28.2 Å². The van der Waals surface area contributed by atoms with E-state index in [4.69, 9.17) is 5.11 Å². The smallest absolute Gasteiger partial charge is 0.416 e. The van der Waals surface area contributed by atoms with Crippen LogP contribution in [-0.4, -0.2) is 17.0 Å². The summed E-state index contributed by atoms with van der Waals surface area (Å²) in [5, 5.41) is 10.1. The van der Waals surface area contributed by atoms with Gasteiger partial charge in [-0.15, -0.1) is 0 Å². The fourth-order valence-electron chi connectivity index (χ4n) is 1.01. The number of anilines is 1. The molecule has 1 aromatic carbocycles. The number of amides is 1. The topological polar surface area (TPSA) is 66.4 Å². The molecule has 0 aromatic heterocycles. The molecule has 0 radical (unpaired) electrons. The molecular weight excluding hydrogens is 307 g/mol. The normalized spacial score (nSPS) is 11.1. The predicted molar refractivity (Wildman–Crippen MR) is 55.4 cm³/mol. The molecule has 0 saturated heterocycles. The SMILES string of the molecule is O=C(O)C(=O)Nc1cc(Br)cc(C(F)(F)F)c1. The zero-order valence-corrected chi connectivity index (χ0v) is 9.59. The number of hydrogen-bond donors (Lipinski definition) is 2. The number of nitrogens with one attached hydrogen (secondary N) is 1. The summed E-state index contributed by atoms with van der Waals surface area (Å²) < 4.78 is 37.3. The Kier molecular flexibility index (Phi) is 3.76. The number of alkyl halides is 3. The molecule has 0 bridgehead atoms. The van der Waals surface area contributed by atoms with Crippen LogP contribution in [0, 0.1) is 0 Å². The average molecular weight is 312 g/mol. The summed E-state index contributed by atoms with van der Waals surface area (Å²) in [6.45, 7) is 0. The van der Waals surface area contributed by atoms with E-state index in [1.165, 1.54) is 0 Å². The maximum absolute atomic E-state index is 12.4. The standard InChI is InChI=1S/C9H5BrF3NO3/c10-5-1-4(9(11,12)13)2-6(3-5)14-7(15)8(16)17/h1-3H,(H,14,15)(H,16,17). The Morgan fingerprint density at radius 2 is 1.82 bits per heavy atom. The van der Waals surface area contributed by atoms with Crippen LogP contribution in [0.4, 0.5) is 18.9 Å². The molecule has 0 atom stereocenters. The van der Waals surface area contributed by atoms with Crippen LogP contribution in [0.3, 0.4) is 0 Å². The van der Waals surface area contributed by atoms with Gasteiger partial charge in [0.1, 0.15) is 0 Å². The monoisotopic (exact) mass is 311 g/mol. The third kappa shape index (κ3) is 3.74. The molecule has 0 saturated carbocycles. The van der Waals surface area contributed by atoms with Gasteiger partial charge < -0.3 is 10.4 Å². The van der Waals surface area contributed by atoms with E-state index in [0.717, 1.165) is 12.1 Å². The van der Waals surface area contributed by atoms with Gasteiger partial charge in [0.2, 0.25) is 0 Å². The van der Waals surface area contributed by atoms with E-state index in [1.807, 2.05) is 5.32 Å². The highest BCUT2D eigenvalue weighted by Gasteiger charge is 2.31. The van der Waals surface area contributed by atoms with E-state index in [2.05, 4.69) is 15.9 Å². The van der Waals surface area contributed by atoms with Crippen molar-refractivity contribution in [2.24, 2.45) is 0 Å². The van der Waals surface area contributed by atoms with Gasteiger partial charge in [0.15, 0.2) is 0 Å². The third-order valence-corrected chi connectivity index (χ3v) is 2.14. The van der Waals surface area contributed by atoms with Crippen molar-refractivity contribution in [1.29, 1.82) is 0 Å². The molecule has 0 heterocycles. The minimum absolute atomic E-state index is 0.0769. The van der Waals surface area contributed by atoms with Crippen molar-refractivity contribution in [1.82, 2.24) is 0 Å². The summed E-state index contributed by atoms with van der Waals surface area (Å²) in [6.07, 6.45) is -4.58. The van der Waals surface area contributed by atoms with Gasteiger partial charge in [0.25, 0.3) is 0 Å². The zero-order valence-electron chi connectivity index (χ0n) is 8.01. The fraction of sp³-hybridized carbons (Fsp3) is 0.111. The molecule has 0 aliphatic carbocycles. The fourth-order valence-corrected chi connectivity index (χ4v) is 1.50. The second-order valence-corrected chi connectivity index (χ2v) is 3.90. The second kappa shape index (κ2) is 4.74. The molecule has 0 aliphatic heterocycles. The van der Waals surface area contributed by atoms with Crippen LogP contribution in [0.5, 0.6) is 0 Å². The van der Waals surface area contributed by atoms with Gasteiger partial charge >= 0.3 is 18.1 Å². The lowest BCUT2D eigenvalue weighted by atomic mass is 10.2. The molecule has 17 heavy (non-hydrogen) atoms. The number of hydrogen-bond acceptors (Lipinski definition) is 2. The number of rotatable bonds is 1. The number of carboxylic acid groups (broad SMARTS) is 1. The van der Waals surface area contributed by atoms with E-state index in [0.29, 0.717) is 6.07 Å². The maximum Gasteiger partial charge on any atom is 0.416 e. The summed E-state index contributed by atoms with van der Waals surface area (Å²) in [7, 11) is 0. The lowest BCUT2D eigenvalue weighted by Gasteiger charge is -2.10. The first kappa shape index (κ1) is 13.5. The summed E-state index contributed by atoms with van der Waals surface area (Å²) in [5.74, 6) is -3.19. The summed E-state index contributed by atoms with van der Waals surface area (Å²) in [5.41, 5.74) is -1.24. The van der Waals surface area contributed by atoms with Gasteiger partial charge in [-0.3, -0.25) is 4.79 Å². The highest BCUT2D eigenvalue weighted by Crippen LogP contribution is 2.33. The third-order valence-electron chi connectivity index (χ3n) is 1.68. The average Bonchev–Trinajstić information content (AvgIpc) is 2.15. The number of carbonyl (C=O) groups excluding carboxylic acids is 1. The molecule has 92 valence electrons. The minimum Gasteiger partial charge on any atom is -0.474 e. The van der Waals surface area contributed by atoms with Crippen molar-refractivity contribution in [2.45, 2.75) is 6.18 Å². The minimum atomic E-state index is -4.58. The van der Waals surface area contributed by atoms with E-state index < -0.39 is 23.6 Å². The molecular formula is C9H5BrF3NO3. The van der Waals surface area contributed by atoms with E-state index in [-0.39, 0.29) is 10.2 Å². The first-order valence-corrected chi connectivity index (χ1v) is 4.91. The molecule has 1 amide bonds. The number of benzene rings is 1. The Balaban J connectivity index is 3.06. The molecule has 1 aromatic rings. The predicted octanol–water partition coefficient (Wildman–Crippen LogP) is 2.49. The van der Waals surface area contributed by atoms with Crippen molar-refractivity contribution in [2.75, 3.05) is 5.32 Å². The molecule has 0 fully saturated rings. The summed E-state index contributed by atoms with van der Waals surface area (Å²) in [4.78, 5) is 21.0. The van der Waals surface area contributed by atoms with Gasteiger partial charge in [0, 0.05) is 10.2 Å². The van der Waals surface area contributed by atoms with E-state index in [1.54, 1.807) is 0 Å². The van der Waals surface area contributed by atoms with E-state index in [9.17, 15) is 22.8 Å².